The highest BCUT2D eigenvalue weighted by Gasteiger charge is 2.34. The second-order valence-electron chi connectivity index (χ2n) is 6.07. The van der Waals surface area contributed by atoms with Crippen molar-refractivity contribution < 1.29 is 9.53 Å². The third kappa shape index (κ3) is 4.66. The first-order valence-corrected chi connectivity index (χ1v) is 6.82. The first-order valence-electron chi connectivity index (χ1n) is 6.82. The van der Waals surface area contributed by atoms with Gasteiger partial charge in [-0.2, -0.15) is 0 Å². The van der Waals surface area contributed by atoms with E-state index < -0.39 is 0 Å². The van der Waals surface area contributed by atoms with E-state index in [4.69, 9.17) is 4.74 Å². The molecule has 3 heteroatoms. The highest BCUT2D eigenvalue weighted by Crippen LogP contribution is 2.37. The van der Waals surface area contributed by atoms with Crippen LogP contribution in [0.15, 0.2) is 0 Å². The lowest BCUT2D eigenvalue weighted by atomic mass is 9.69. The van der Waals surface area contributed by atoms with E-state index in [-0.39, 0.29) is 17.9 Å². The van der Waals surface area contributed by atoms with Gasteiger partial charge in [-0.05, 0) is 31.1 Å². The lowest BCUT2D eigenvalue weighted by Gasteiger charge is -2.40. The number of ether oxygens (including phenoxy) is 1. The molecule has 0 aromatic rings. The summed E-state index contributed by atoms with van der Waals surface area (Å²) in [5.41, 5.74) is 0.268. The van der Waals surface area contributed by atoms with Crippen LogP contribution in [0.1, 0.15) is 53.4 Å². The van der Waals surface area contributed by atoms with Crippen molar-refractivity contribution in [1.29, 1.82) is 0 Å². The molecule has 0 heterocycles. The number of hydrogen-bond acceptors (Lipinski definition) is 2. The SMILES string of the molecule is CCOCC(=O)NC1CCCCC1C(C)(C)C. The van der Waals surface area contributed by atoms with Crippen molar-refractivity contribution in [2.75, 3.05) is 13.2 Å². The van der Waals surface area contributed by atoms with Crippen LogP contribution in [0.4, 0.5) is 0 Å². The molecule has 17 heavy (non-hydrogen) atoms. The van der Waals surface area contributed by atoms with E-state index in [1.165, 1.54) is 19.3 Å². The molecular weight excluding hydrogens is 214 g/mol. The van der Waals surface area contributed by atoms with Gasteiger partial charge < -0.3 is 10.1 Å². The van der Waals surface area contributed by atoms with Gasteiger partial charge in [-0.1, -0.05) is 33.6 Å². The second kappa shape index (κ2) is 6.39. The Balaban J connectivity index is 2.51. The normalized spacial score (nSPS) is 25.6. The number of hydrogen-bond donors (Lipinski definition) is 1. The number of amides is 1. The molecule has 1 fully saturated rings. The van der Waals surface area contributed by atoms with Crippen molar-refractivity contribution in [2.45, 2.75) is 59.4 Å². The van der Waals surface area contributed by atoms with Gasteiger partial charge in [0.15, 0.2) is 0 Å². The smallest absolute Gasteiger partial charge is 0.246 e. The highest BCUT2D eigenvalue weighted by molar-refractivity contribution is 5.77. The van der Waals surface area contributed by atoms with Crippen LogP contribution < -0.4 is 5.32 Å². The van der Waals surface area contributed by atoms with Crippen molar-refractivity contribution in [1.82, 2.24) is 5.32 Å². The summed E-state index contributed by atoms with van der Waals surface area (Å²) in [6.45, 7) is 9.51. The molecule has 0 saturated heterocycles. The van der Waals surface area contributed by atoms with Crippen LogP contribution in [0.3, 0.4) is 0 Å². The fourth-order valence-corrected chi connectivity index (χ4v) is 2.78. The minimum absolute atomic E-state index is 0.0352. The molecule has 3 nitrogen and oxygen atoms in total. The number of nitrogens with one attached hydrogen (secondary N) is 1. The molecule has 1 rings (SSSR count). The molecule has 0 aromatic carbocycles. The van der Waals surface area contributed by atoms with Crippen molar-refractivity contribution in [3.63, 3.8) is 0 Å². The minimum Gasteiger partial charge on any atom is -0.372 e. The van der Waals surface area contributed by atoms with E-state index in [0.717, 1.165) is 6.42 Å². The Kier molecular flexibility index (Phi) is 5.44. The van der Waals surface area contributed by atoms with E-state index in [2.05, 4.69) is 26.1 Å². The zero-order chi connectivity index (χ0) is 12.9. The molecule has 0 aliphatic heterocycles. The third-order valence-corrected chi connectivity index (χ3v) is 3.66. The standard InChI is InChI=1S/C14H27NO2/c1-5-17-10-13(16)15-12-9-7-6-8-11(12)14(2,3)4/h11-12H,5-10H2,1-4H3,(H,15,16). The fraction of sp³-hybridized carbons (Fsp3) is 0.929. The summed E-state index contributed by atoms with van der Waals surface area (Å²) < 4.78 is 5.15. The monoisotopic (exact) mass is 241 g/mol. The topological polar surface area (TPSA) is 38.3 Å². The van der Waals surface area contributed by atoms with E-state index in [0.29, 0.717) is 18.6 Å². The van der Waals surface area contributed by atoms with Gasteiger partial charge in [0.25, 0.3) is 0 Å². The molecule has 1 saturated carbocycles. The number of carbonyl (C=O) groups excluding carboxylic acids is 1. The van der Waals surface area contributed by atoms with Gasteiger partial charge in [0.1, 0.15) is 6.61 Å². The summed E-state index contributed by atoms with van der Waals surface area (Å²) in [6.07, 6.45) is 4.86. The van der Waals surface area contributed by atoms with Crippen LogP contribution in [0.25, 0.3) is 0 Å². The largest absolute Gasteiger partial charge is 0.372 e. The summed E-state index contributed by atoms with van der Waals surface area (Å²) >= 11 is 0. The predicted molar refractivity (Wildman–Crippen MR) is 69.8 cm³/mol. The Morgan fingerprint density at radius 1 is 1.29 bits per heavy atom. The van der Waals surface area contributed by atoms with Crippen molar-refractivity contribution in [2.24, 2.45) is 11.3 Å². The molecule has 0 radical (unpaired) electrons. The Morgan fingerprint density at radius 2 is 1.94 bits per heavy atom. The number of carbonyl (C=O) groups is 1. The summed E-state index contributed by atoms with van der Waals surface area (Å²) in [4.78, 5) is 11.7. The lowest BCUT2D eigenvalue weighted by Crippen LogP contribution is -2.47. The summed E-state index contributed by atoms with van der Waals surface area (Å²) in [7, 11) is 0. The molecule has 0 spiro atoms. The molecule has 1 aliphatic rings. The molecule has 2 atom stereocenters. The van der Waals surface area contributed by atoms with Crippen LogP contribution in [-0.4, -0.2) is 25.2 Å². The zero-order valence-electron chi connectivity index (χ0n) is 11.7. The molecule has 0 bridgehead atoms. The van der Waals surface area contributed by atoms with Crippen molar-refractivity contribution in [3.05, 3.63) is 0 Å². The van der Waals surface area contributed by atoms with Crippen LogP contribution in [0, 0.1) is 11.3 Å². The average Bonchev–Trinajstić information content (AvgIpc) is 2.25. The van der Waals surface area contributed by atoms with Crippen molar-refractivity contribution >= 4 is 5.91 Å². The maximum absolute atomic E-state index is 11.7. The van der Waals surface area contributed by atoms with Gasteiger partial charge in [-0.15, -0.1) is 0 Å². The van der Waals surface area contributed by atoms with Gasteiger partial charge in [-0.3, -0.25) is 4.79 Å². The van der Waals surface area contributed by atoms with Gasteiger partial charge in [0.2, 0.25) is 5.91 Å². The third-order valence-electron chi connectivity index (χ3n) is 3.66. The van der Waals surface area contributed by atoms with Crippen LogP contribution in [0.2, 0.25) is 0 Å². The Labute approximate surface area is 105 Å². The second-order valence-corrected chi connectivity index (χ2v) is 6.07. The summed E-state index contributed by atoms with van der Waals surface area (Å²) in [5, 5.41) is 3.15. The molecule has 1 amide bonds. The van der Waals surface area contributed by atoms with Crippen molar-refractivity contribution in [3.8, 4) is 0 Å². The Morgan fingerprint density at radius 3 is 2.53 bits per heavy atom. The number of rotatable bonds is 4. The fourth-order valence-electron chi connectivity index (χ4n) is 2.78. The molecule has 1 aliphatic carbocycles. The van der Waals surface area contributed by atoms with Gasteiger partial charge >= 0.3 is 0 Å². The van der Waals surface area contributed by atoms with Crippen LogP contribution >= 0.6 is 0 Å². The quantitative estimate of drug-likeness (QED) is 0.822. The van der Waals surface area contributed by atoms with Gasteiger partial charge in [0, 0.05) is 12.6 Å². The molecule has 0 aromatic heterocycles. The van der Waals surface area contributed by atoms with Crippen LogP contribution in [-0.2, 0) is 9.53 Å². The van der Waals surface area contributed by atoms with Crippen LogP contribution in [0.5, 0.6) is 0 Å². The van der Waals surface area contributed by atoms with E-state index in [1.54, 1.807) is 0 Å². The Bertz CT molecular complexity index is 245. The average molecular weight is 241 g/mol. The molecule has 100 valence electrons. The first-order chi connectivity index (χ1) is 7.95. The van der Waals surface area contributed by atoms with E-state index in [1.807, 2.05) is 6.92 Å². The maximum Gasteiger partial charge on any atom is 0.246 e. The summed E-state index contributed by atoms with van der Waals surface area (Å²) in [5.74, 6) is 0.620. The van der Waals surface area contributed by atoms with E-state index in [9.17, 15) is 4.79 Å². The van der Waals surface area contributed by atoms with E-state index >= 15 is 0 Å². The zero-order valence-corrected chi connectivity index (χ0v) is 11.7. The molecule has 2 unspecified atom stereocenters. The highest BCUT2D eigenvalue weighted by atomic mass is 16.5. The van der Waals surface area contributed by atoms with Gasteiger partial charge in [-0.25, -0.2) is 0 Å². The summed E-state index contributed by atoms with van der Waals surface area (Å²) in [6, 6.07) is 0.330. The molecule has 1 N–H and O–H groups in total. The first kappa shape index (κ1) is 14.5. The Hall–Kier alpha value is -0.570. The predicted octanol–water partition coefficient (Wildman–Crippen LogP) is 2.74. The molecular formula is C14H27NO2. The lowest BCUT2D eigenvalue weighted by molar-refractivity contribution is -0.127. The minimum atomic E-state index is 0.0352. The van der Waals surface area contributed by atoms with Gasteiger partial charge in [0.05, 0.1) is 0 Å². The maximum atomic E-state index is 11.7.